The number of nitrogens with two attached hydrogens (primary N) is 1. The number of quaternary nitrogens is 1. The Bertz CT molecular complexity index is 1390. The zero-order chi connectivity index (χ0) is 34.9. The summed E-state index contributed by atoms with van der Waals surface area (Å²) in [6, 6.07) is 38.5. The maximum Gasteiger partial charge on any atom is 0.260 e. The number of rotatable bonds is 21. The molecule has 0 aliphatic rings. The van der Waals surface area contributed by atoms with Crippen LogP contribution < -0.4 is 15.2 Å². The van der Waals surface area contributed by atoms with Gasteiger partial charge in [-0.2, -0.15) is 0 Å². The van der Waals surface area contributed by atoms with Crippen molar-refractivity contribution < 1.29 is 29.5 Å². The monoisotopic (exact) mass is 666 g/mol. The van der Waals surface area contributed by atoms with Gasteiger partial charge in [0, 0.05) is 38.1 Å². The first-order valence-electron chi connectivity index (χ1n) is 17.7. The van der Waals surface area contributed by atoms with Crippen LogP contribution in [-0.4, -0.2) is 55.7 Å². The van der Waals surface area contributed by atoms with E-state index in [4.69, 9.17) is 9.47 Å². The molecule has 0 saturated carbocycles. The first-order valence-corrected chi connectivity index (χ1v) is 17.7. The van der Waals surface area contributed by atoms with E-state index < -0.39 is 12.1 Å². The van der Waals surface area contributed by atoms with Gasteiger partial charge in [0.1, 0.15) is 18.4 Å². The van der Waals surface area contributed by atoms with Crippen molar-refractivity contribution in [1.82, 2.24) is 4.90 Å². The number of hydrogen-bond acceptors (Lipinski definition) is 5. The van der Waals surface area contributed by atoms with Crippen LogP contribution in [0.1, 0.15) is 61.8 Å². The van der Waals surface area contributed by atoms with E-state index in [1.807, 2.05) is 23.1 Å². The Labute approximate surface area is 293 Å². The van der Waals surface area contributed by atoms with Crippen LogP contribution in [0.15, 0.2) is 115 Å². The van der Waals surface area contributed by atoms with Gasteiger partial charge in [-0.1, -0.05) is 129 Å². The Hall–Kier alpha value is -4.46. The molecule has 0 radical (unpaired) electrons. The van der Waals surface area contributed by atoms with Gasteiger partial charge in [-0.15, -0.1) is 0 Å². The maximum absolute atomic E-state index is 12.9. The maximum atomic E-state index is 12.9. The summed E-state index contributed by atoms with van der Waals surface area (Å²) in [6.45, 7) is 7.83. The van der Waals surface area contributed by atoms with E-state index >= 15 is 0 Å². The van der Waals surface area contributed by atoms with Crippen LogP contribution in [0.5, 0.6) is 5.75 Å². The molecule has 1 atom stereocenters. The highest BCUT2D eigenvalue weighted by Crippen LogP contribution is 2.15. The summed E-state index contributed by atoms with van der Waals surface area (Å²) in [5.74, 6) is -0.681. The highest BCUT2D eigenvalue weighted by molar-refractivity contribution is 5.77. The van der Waals surface area contributed by atoms with Crippen LogP contribution in [0.25, 0.3) is 0 Å². The SMILES string of the molecule is CCCCCCN(CCc1ccccc1)C(=O)COc1ccc(C[C@H](OCC)C(=O)[O-])cc1.c1ccc(CC[NH2+]Cc2ccccc2)cc1. The molecule has 0 unspecified atom stereocenters. The minimum absolute atomic E-state index is 0.0253. The summed E-state index contributed by atoms with van der Waals surface area (Å²) in [4.78, 5) is 25.9. The summed E-state index contributed by atoms with van der Waals surface area (Å²) in [5.41, 5.74) is 4.83. The average Bonchev–Trinajstić information content (AvgIpc) is 3.14. The number of hydrogen-bond donors (Lipinski definition) is 1. The standard InChI is InChI=1S/C27H37NO5.C15H17N/c1-3-5-6-10-18-28(19-17-22-11-8-7-9-12-22)26(29)21-33-24-15-13-23(14-16-24)20-25(27(30)31)32-4-2;1-3-7-14(8-4-1)11-12-16-13-15-9-5-2-6-10-15/h7-9,11-16,25H,3-6,10,17-21H2,1-2H3,(H,30,31);1-10,16H,11-13H2/t25-;/m0./s1. The Morgan fingerprint density at radius 2 is 1.29 bits per heavy atom. The van der Waals surface area contributed by atoms with Crippen molar-refractivity contribution in [2.45, 2.75) is 71.4 Å². The number of unbranched alkanes of at least 4 members (excludes halogenated alkanes) is 3. The zero-order valence-corrected chi connectivity index (χ0v) is 29.3. The Morgan fingerprint density at radius 3 is 1.86 bits per heavy atom. The minimum atomic E-state index is -1.22. The van der Waals surface area contributed by atoms with Gasteiger partial charge >= 0.3 is 0 Å². The number of nitrogens with zero attached hydrogens (tertiary/aromatic N) is 1. The highest BCUT2D eigenvalue weighted by atomic mass is 16.5. The molecule has 0 fully saturated rings. The molecule has 0 heterocycles. The van der Waals surface area contributed by atoms with Crippen molar-refractivity contribution >= 4 is 11.9 Å². The molecule has 1 amide bonds. The van der Waals surface area contributed by atoms with Crippen molar-refractivity contribution in [1.29, 1.82) is 0 Å². The lowest BCUT2D eigenvalue weighted by Crippen LogP contribution is -2.83. The van der Waals surface area contributed by atoms with Gasteiger partial charge in [-0.3, -0.25) is 4.79 Å². The van der Waals surface area contributed by atoms with Crippen molar-refractivity contribution in [2.75, 3.05) is 32.8 Å². The van der Waals surface area contributed by atoms with Crippen LogP contribution in [-0.2, 0) is 40.1 Å². The lowest BCUT2D eigenvalue weighted by molar-refractivity contribution is -0.670. The van der Waals surface area contributed by atoms with E-state index in [0.717, 1.165) is 57.3 Å². The van der Waals surface area contributed by atoms with Gasteiger partial charge in [0.2, 0.25) is 0 Å². The molecule has 0 spiro atoms. The summed E-state index contributed by atoms with van der Waals surface area (Å²) in [6.07, 6.45) is 5.64. The van der Waals surface area contributed by atoms with E-state index in [1.54, 1.807) is 31.2 Å². The third-order valence-corrected chi connectivity index (χ3v) is 8.19. The van der Waals surface area contributed by atoms with E-state index in [9.17, 15) is 14.7 Å². The Morgan fingerprint density at radius 1 is 0.694 bits per heavy atom. The molecular formula is C42H54N2O5. The quantitative estimate of drug-likeness (QED) is 0.120. The molecule has 2 N–H and O–H groups in total. The lowest BCUT2D eigenvalue weighted by Gasteiger charge is -2.23. The van der Waals surface area contributed by atoms with Gasteiger partial charge in [0.05, 0.1) is 12.5 Å². The molecule has 4 aromatic carbocycles. The molecule has 0 aromatic heterocycles. The predicted molar refractivity (Wildman–Crippen MR) is 194 cm³/mol. The first kappa shape index (κ1) is 39.0. The summed E-state index contributed by atoms with van der Waals surface area (Å²) < 4.78 is 10.9. The van der Waals surface area contributed by atoms with E-state index in [-0.39, 0.29) is 18.9 Å². The van der Waals surface area contributed by atoms with Crippen molar-refractivity contribution in [3.63, 3.8) is 0 Å². The van der Waals surface area contributed by atoms with Gasteiger partial charge in [0.15, 0.2) is 6.61 Å². The second-order valence-corrected chi connectivity index (χ2v) is 12.1. The number of aliphatic carboxylic acids is 1. The van der Waals surface area contributed by atoms with Crippen LogP contribution in [0, 0.1) is 0 Å². The molecule has 4 rings (SSSR count). The molecule has 4 aromatic rings. The van der Waals surface area contributed by atoms with Gasteiger partial charge in [-0.25, -0.2) is 0 Å². The van der Waals surface area contributed by atoms with Crippen molar-refractivity contribution in [3.8, 4) is 5.75 Å². The highest BCUT2D eigenvalue weighted by Gasteiger charge is 2.15. The summed E-state index contributed by atoms with van der Waals surface area (Å²) >= 11 is 0. The van der Waals surface area contributed by atoms with Gasteiger partial charge in [0.25, 0.3) is 5.91 Å². The minimum Gasteiger partial charge on any atom is -0.547 e. The van der Waals surface area contributed by atoms with Crippen LogP contribution in [0.3, 0.4) is 0 Å². The molecule has 7 nitrogen and oxygen atoms in total. The molecule has 0 aliphatic heterocycles. The third kappa shape index (κ3) is 16.5. The fraction of sp³-hybridized carbons (Fsp3) is 0.381. The average molecular weight is 667 g/mol. The third-order valence-electron chi connectivity index (χ3n) is 8.19. The fourth-order valence-corrected chi connectivity index (χ4v) is 5.38. The summed E-state index contributed by atoms with van der Waals surface area (Å²) in [5, 5.41) is 13.5. The molecular weight excluding hydrogens is 612 g/mol. The largest absolute Gasteiger partial charge is 0.547 e. The van der Waals surface area contributed by atoms with Crippen LogP contribution >= 0.6 is 0 Å². The van der Waals surface area contributed by atoms with Crippen molar-refractivity contribution in [3.05, 3.63) is 138 Å². The molecule has 49 heavy (non-hydrogen) atoms. The Kier molecular flexibility index (Phi) is 18.9. The smallest absolute Gasteiger partial charge is 0.260 e. The van der Waals surface area contributed by atoms with Crippen LogP contribution in [0.4, 0.5) is 0 Å². The van der Waals surface area contributed by atoms with Crippen LogP contribution in [0.2, 0.25) is 0 Å². The van der Waals surface area contributed by atoms with E-state index in [1.165, 1.54) is 23.1 Å². The lowest BCUT2D eigenvalue weighted by atomic mass is 10.1. The number of ether oxygens (including phenoxy) is 2. The Balaban J connectivity index is 0.000000337. The number of benzene rings is 4. The first-order chi connectivity index (χ1) is 24.0. The number of amides is 1. The second-order valence-electron chi connectivity index (χ2n) is 12.1. The van der Waals surface area contributed by atoms with E-state index in [0.29, 0.717) is 18.9 Å². The molecule has 262 valence electrons. The number of carboxylic acid groups (broad SMARTS) is 1. The van der Waals surface area contributed by atoms with Gasteiger partial charge in [-0.05, 0) is 48.6 Å². The second kappa shape index (κ2) is 23.8. The molecule has 0 saturated heterocycles. The molecule has 0 aliphatic carbocycles. The number of carboxylic acids is 1. The normalized spacial score (nSPS) is 11.2. The van der Waals surface area contributed by atoms with E-state index in [2.05, 4.69) is 85.0 Å². The summed E-state index contributed by atoms with van der Waals surface area (Å²) in [7, 11) is 0. The molecule has 0 bridgehead atoms. The number of carbonyl (C=O) groups excluding carboxylic acids is 2. The van der Waals surface area contributed by atoms with Gasteiger partial charge < -0.3 is 29.6 Å². The predicted octanol–water partition coefficient (Wildman–Crippen LogP) is 5.41. The molecule has 7 heteroatoms. The number of carbonyl (C=O) groups is 2. The fourth-order valence-electron chi connectivity index (χ4n) is 5.38. The topological polar surface area (TPSA) is 95.5 Å². The van der Waals surface area contributed by atoms with Crippen molar-refractivity contribution in [2.24, 2.45) is 0 Å². The zero-order valence-electron chi connectivity index (χ0n) is 29.3.